The monoisotopic (exact) mass is 284 g/mol. The van der Waals surface area contributed by atoms with E-state index in [1.807, 2.05) is 36.1 Å². The van der Waals surface area contributed by atoms with Crippen LogP contribution in [0.5, 0.6) is 0 Å². The van der Waals surface area contributed by atoms with Crippen LogP contribution in [0.4, 0.5) is 5.69 Å². The third-order valence-corrected chi connectivity index (χ3v) is 4.31. The van der Waals surface area contributed by atoms with Crippen LogP contribution in [0.3, 0.4) is 0 Å². The Balaban J connectivity index is 1.80. The van der Waals surface area contributed by atoms with Crippen LogP contribution in [-0.2, 0) is 0 Å². The van der Waals surface area contributed by atoms with Gasteiger partial charge in [-0.1, -0.05) is 32.1 Å². The van der Waals surface area contributed by atoms with Gasteiger partial charge in [-0.25, -0.2) is 9.97 Å². The number of pyridine rings is 1. The molecule has 1 aliphatic rings. The van der Waals surface area contributed by atoms with Crippen molar-refractivity contribution in [3.8, 4) is 5.82 Å². The fraction of sp³-hybridized carbons (Fsp3) is 0.529. The molecule has 0 aliphatic heterocycles. The number of rotatable bonds is 3. The number of aryl methyl sites for hydroxylation is 1. The Morgan fingerprint density at radius 1 is 1.05 bits per heavy atom. The lowest BCUT2D eigenvalue weighted by molar-refractivity contribution is 0.471. The van der Waals surface area contributed by atoms with Gasteiger partial charge in [0.1, 0.15) is 5.82 Å². The molecule has 2 aromatic heterocycles. The lowest BCUT2D eigenvalue weighted by Gasteiger charge is -2.23. The normalized spacial score (nSPS) is 17.2. The van der Waals surface area contributed by atoms with Crippen LogP contribution in [0, 0.1) is 6.92 Å². The van der Waals surface area contributed by atoms with Crippen LogP contribution in [0.2, 0.25) is 0 Å². The van der Waals surface area contributed by atoms with E-state index in [2.05, 4.69) is 21.4 Å². The van der Waals surface area contributed by atoms with E-state index in [-0.39, 0.29) is 0 Å². The maximum Gasteiger partial charge on any atom is 0.161 e. The van der Waals surface area contributed by atoms with E-state index in [0.717, 1.165) is 17.3 Å². The molecule has 0 atom stereocenters. The van der Waals surface area contributed by atoms with Crippen LogP contribution in [0.15, 0.2) is 30.7 Å². The van der Waals surface area contributed by atoms with Gasteiger partial charge in [-0.15, -0.1) is 0 Å². The SMILES string of the molecule is Cc1nccn1-c1ncccc1NC1CCCCCCC1. The molecule has 1 aliphatic carbocycles. The lowest BCUT2D eigenvalue weighted by Crippen LogP contribution is -2.22. The Kier molecular flexibility index (Phi) is 4.53. The van der Waals surface area contributed by atoms with E-state index >= 15 is 0 Å². The number of hydrogen-bond acceptors (Lipinski definition) is 3. The average molecular weight is 284 g/mol. The molecule has 112 valence electrons. The van der Waals surface area contributed by atoms with Gasteiger partial charge >= 0.3 is 0 Å². The summed E-state index contributed by atoms with van der Waals surface area (Å²) in [5.74, 6) is 1.92. The second-order valence-electron chi connectivity index (χ2n) is 5.91. The number of anilines is 1. The molecule has 4 heteroatoms. The first-order valence-corrected chi connectivity index (χ1v) is 8.06. The summed E-state index contributed by atoms with van der Waals surface area (Å²) >= 11 is 0. The predicted molar refractivity (Wildman–Crippen MR) is 85.8 cm³/mol. The molecule has 1 saturated carbocycles. The highest BCUT2D eigenvalue weighted by Crippen LogP contribution is 2.24. The molecule has 3 rings (SSSR count). The Labute approximate surface area is 126 Å². The second kappa shape index (κ2) is 6.74. The molecule has 0 spiro atoms. The number of nitrogens with zero attached hydrogens (tertiary/aromatic N) is 3. The van der Waals surface area contributed by atoms with Gasteiger partial charge < -0.3 is 5.32 Å². The molecule has 0 radical (unpaired) electrons. The molecular formula is C17H24N4. The van der Waals surface area contributed by atoms with Gasteiger partial charge in [0, 0.05) is 24.6 Å². The van der Waals surface area contributed by atoms with Crippen molar-refractivity contribution in [1.82, 2.24) is 14.5 Å². The number of aromatic nitrogens is 3. The third-order valence-electron chi connectivity index (χ3n) is 4.31. The summed E-state index contributed by atoms with van der Waals surface area (Å²) in [6.07, 6.45) is 15.0. The van der Waals surface area contributed by atoms with Crippen molar-refractivity contribution in [2.75, 3.05) is 5.32 Å². The summed E-state index contributed by atoms with van der Waals surface area (Å²) in [5.41, 5.74) is 1.11. The lowest BCUT2D eigenvalue weighted by atomic mass is 9.96. The zero-order valence-corrected chi connectivity index (χ0v) is 12.8. The molecule has 1 N–H and O–H groups in total. The maximum absolute atomic E-state index is 4.55. The molecule has 2 heterocycles. The molecule has 0 unspecified atom stereocenters. The van der Waals surface area contributed by atoms with Crippen molar-refractivity contribution in [2.45, 2.75) is 57.9 Å². The van der Waals surface area contributed by atoms with Crippen LogP contribution in [0.1, 0.15) is 50.8 Å². The Morgan fingerprint density at radius 2 is 1.81 bits per heavy atom. The zero-order valence-electron chi connectivity index (χ0n) is 12.8. The van der Waals surface area contributed by atoms with E-state index in [9.17, 15) is 0 Å². The first-order valence-electron chi connectivity index (χ1n) is 8.06. The Morgan fingerprint density at radius 3 is 2.52 bits per heavy atom. The third kappa shape index (κ3) is 3.43. The first kappa shape index (κ1) is 14.1. The summed E-state index contributed by atoms with van der Waals surface area (Å²) in [7, 11) is 0. The minimum Gasteiger partial charge on any atom is -0.379 e. The maximum atomic E-state index is 4.55. The van der Waals surface area contributed by atoms with Gasteiger partial charge in [0.2, 0.25) is 0 Å². The Bertz CT molecular complexity index is 568. The molecule has 4 nitrogen and oxygen atoms in total. The van der Waals surface area contributed by atoms with E-state index < -0.39 is 0 Å². The average Bonchev–Trinajstić information content (AvgIpc) is 2.88. The van der Waals surface area contributed by atoms with Crippen LogP contribution in [0.25, 0.3) is 5.82 Å². The zero-order chi connectivity index (χ0) is 14.5. The van der Waals surface area contributed by atoms with Gasteiger partial charge in [-0.3, -0.25) is 4.57 Å². The first-order chi connectivity index (χ1) is 10.3. The van der Waals surface area contributed by atoms with E-state index in [4.69, 9.17) is 0 Å². The smallest absolute Gasteiger partial charge is 0.161 e. The second-order valence-corrected chi connectivity index (χ2v) is 5.91. The molecule has 21 heavy (non-hydrogen) atoms. The van der Waals surface area contributed by atoms with Crippen LogP contribution >= 0.6 is 0 Å². The van der Waals surface area contributed by atoms with Crippen molar-refractivity contribution in [3.05, 3.63) is 36.5 Å². The number of hydrogen-bond donors (Lipinski definition) is 1. The Hall–Kier alpha value is -1.84. The molecule has 0 amide bonds. The summed E-state index contributed by atoms with van der Waals surface area (Å²) in [4.78, 5) is 8.85. The van der Waals surface area contributed by atoms with E-state index in [1.54, 1.807) is 0 Å². The topological polar surface area (TPSA) is 42.7 Å². The van der Waals surface area contributed by atoms with Crippen molar-refractivity contribution >= 4 is 5.69 Å². The molecule has 0 bridgehead atoms. The fourth-order valence-electron chi connectivity index (χ4n) is 3.12. The quantitative estimate of drug-likeness (QED) is 0.922. The molecule has 1 fully saturated rings. The predicted octanol–water partition coefficient (Wildman–Crippen LogP) is 4.10. The van der Waals surface area contributed by atoms with Gasteiger partial charge in [0.05, 0.1) is 5.69 Å². The van der Waals surface area contributed by atoms with Crippen molar-refractivity contribution < 1.29 is 0 Å². The van der Waals surface area contributed by atoms with Crippen molar-refractivity contribution in [1.29, 1.82) is 0 Å². The molecule has 2 aromatic rings. The van der Waals surface area contributed by atoms with Gasteiger partial charge in [0.15, 0.2) is 5.82 Å². The highest BCUT2D eigenvalue weighted by Gasteiger charge is 2.14. The summed E-state index contributed by atoms with van der Waals surface area (Å²) in [6, 6.07) is 4.69. The van der Waals surface area contributed by atoms with Gasteiger partial charge in [-0.05, 0) is 31.9 Å². The van der Waals surface area contributed by atoms with Gasteiger partial charge in [0.25, 0.3) is 0 Å². The summed E-state index contributed by atoms with van der Waals surface area (Å²) < 4.78 is 2.05. The number of nitrogens with one attached hydrogen (secondary N) is 1. The summed E-state index contributed by atoms with van der Waals surface area (Å²) in [6.45, 7) is 2.01. The largest absolute Gasteiger partial charge is 0.379 e. The standard InChI is InChI=1S/C17H24N4/c1-14-18-12-13-21(14)17-16(10-7-11-19-17)20-15-8-5-3-2-4-6-9-15/h7,10-13,15,20H,2-6,8-9H2,1H3. The van der Waals surface area contributed by atoms with Crippen LogP contribution in [-0.4, -0.2) is 20.6 Å². The molecule has 0 saturated heterocycles. The van der Waals surface area contributed by atoms with Crippen molar-refractivity contribution in [2.24, 2.45) is 0 Å². The fourth-order valence-corrected chi connectivity index (χ4v) is 3.12. The van der Waals surface area contributed by atoms with Gasteiger partial charge in [-0.2, -0.15) is 0 Å². The number of imidazole rings is 1. The van der Waals surface area contributed by atoms with E-state index in [0.29, 0.717) is 6.04 Å². The highest BCUT2D eigenvalue weighted by molar-refractivity contribution is 5.57. The minimum absolute atomic E-state index is 0.567. The molecular weight excluding hydrogens is 260 g/mol. The minimum atomic E-state index is 0.567. The highest BCUT2D eigenvalue weighted by atomic mass is 15.1. The van der Waals surface area contributed by atoms with Crippen molar-refractivity contribution in [3.63, 3.8) is 0 Å². The molecule has 0 aromatic carbocycles. The van der Waals surface area contributed by atoms with E-state index in [1.165, 1.54) is 44.9 Å². The van der Waals surface area contributed by atoms with Crippen LogP contribution < -0.4 is 5.32 Å². The summed E-state index contributed by atoms with van der Waals surface area (Å²) in [5, 5.41) is 3.72.